The molecule has 0 aliphatic rings. The topological polar surface area (TPSA) is 105 Å². The molecule has 9 nitrogen and oxygen atoms in total. The van der Waals surface area contributed by atoms with Crippen molar-refractivity contribution in [3.63, 3.8) is 0 Å². The molecule has 0 radical (unpaired) electrons. The van der Waals surface area contributed by atoms with Crippen LogP contribution in [0.15, 0.2) is 65.6 Å². The molecule has 0 aliphatic heterocycles. The Morgan fingerprint density at radius 2 is 1.51 bits per heavy atom. The Morgan fingerprint density at radius 1 is 0.907 bits per heavy atom. The summed E-state index contributed by atoms with van der Waals surface area (Å²) in [6.45, 7) is 8.46. The van der Waals surface area contributed by atoms with Crippen molar-refractivity contribution in [2.24, 2.45) is 0 Å². The van der Waals surface area contributed by atoms with Crippen LogP contribution in [0.3, 0.4) is 0 Å². The van der Waals surface area contributed by atoms with Crippen LogP contribution in [-0.4, -0.2) is 58.0 Å². The molecular weight excluding hydrogens is 573 g/mol. The van der Waals surface area contributed by atoms with Gasteiger partial charge in [0.05, 0.1) is 24.8 Å². The number of halogens is 1. The first-order chi connectivity index (χ1) is 20.3. The Hall–Kier alpha value is -4.12. The number of carbonyl (C=O) groups excluding carboxylic acids is 2. The first kappa shape index (κ1) is 33.4. The molecule has 0 aliphatic carbocycles. The summed E-state index contributed by atoms with van der Waals surface area (Å²) in [5, 5.41) is 2.85. The predicted octanol–water partition coefficient (Wildman–Crippen LogP) is 4.99. The number of amides is 2. The zero-order valence-corrected chi connectivity index (χ0v) is 26.5. The summed E-state index contributed by atoms with van der Waals surface area (Å²) in [6.07, 6.45) is 0.275. The highest BCUT2D eigenvalue weighted by atomic mass is 32.2. The van der Waals surface area contributed by atoms with Crippen molar-refractivity contribution in [2.45, 2.75) is 64.6 Å². The molecule has 0 bridgehead atoms. The van der Waals surface area contributed by atoms with Crippen molar-refractivity contribution in [1.29, 1.82) is 0 Å². The largest absolute Gasteiger partial charge is 0.493 e. The Bertz CT molecular complexity index is 1520. The van der Waals surface area contributed by atoms with E-state index in [0.717, 1.165) is 15.4 Å². The number of methoxy groups -OCH3 is 2. The molecule has 0 aromatic heterocycles. The third-order valence-electron chi connectivity index (χ3n) is 6.80. The van der Waals surface area contributed by atoms with E-state index in [4.69, 9.17) is 9.47 Å². The lowest BCUT2D eigenvalue weighted by Gasteiger charge is -2.33. The smallest absolute Gasteiger partial charge is 0.264 e. The molecule has 0 saturated heterocycles. The molecular formula is C32H40FN3O6S. The Kier molecular flexibility index (Phi) is 11.2. The van der Waals surface area contributed by atoms with Crippen LogP contribution in [0.25, 0.3) is 0 Å². The van der Waals surface area contributed by atoms with Crippen LogP contribution in [0, 0.1) is 19.7 Å². The van der Waals surface area contributed by atoms with Crippen LogP contribution in [-0.2, 0) is 26.2 Å². The number of nitrogens with zero attached hydrogens (tertiary/aromatic N) is 2. The van der Waals surface area contributed by atoms with Gasteiger partial charge in [-0.05, 0) is 87.2 Å². The average Bonchev–Trinajstić information content (AvgIpc) is 2.95. The molecule has 0 fully saturated rings. The highest BCUT2D eigenvalue weighted by molar-refractivity contribution is 7.92. The van der Waals surface area contributed by atoms with E-state index < -0.39 is 34.3 Å². The maximum Gasteiger partial charge on any atom is 0.264 e. The fourth-order valence-electron chi connectivity index (χ4n) is 4.81. The monoisotopic (exact) mass is 613 g/mol. The van der Waals surface area contributed by atoms with Crippen molar-refractivity contribution in [3.8, 4) is 11.5 Å². The maximum absolute atomic E-state index is 14.2. The van der Waals surface area contributed by atoms with Crippen molar-refractivity contribution < 1.29 is 31.9 Å². The first-order valence-corrected chi connectivity index (χ1v) is 15.4. The van der Waals surface area contributed by atoms with Gasteiger partial charge in [0.2, 0.25) is 11.8 Å². The summed E-state index contributed by atoms with van der Waals surface area (Å²) in [6, 6.07) is 14.0. The molecule has 2 amide bonds. The highest BCUT2D eigenvalue weighted by Crippen LogP contribution is 2.33. The third-order valence-corrected chi connectivity index (χ3v) is 8.57. The molecule has 3 rings (SSSR count). The molecule has 232 valence electrons. The summed E-state index contributed by atoms with van der Waals surface area (Å²) in [5.74, 6) is -0.840. The number of sulfonamides is 1. The van der Waals surface area contributed by atoms with Gasteiger partial charge in [-0.3, -0.25) is 13.9 Å². The Balaban J connectivity index is 2.13. The van der Waals surface area contributed by atoms with E-state index in [0.29, 0.717) is 17.0 Å². The molecule has 0 unspecified atom stereocenters. The van der Waals surface area contributed by atoms with E-state index in [1.54, 1.807) is 19.1 Å². The minimum atomic E-state index is -4.32. The lowest BCUT2D eigenvalue weighted by Crippen LogP contribution is -2.53. The van der Waals surface area contributed by atoms with Gasteiger partial charge < -0.3 is 19.7 Å². The predicted molar refractivity (Wildman–Crippen MR) is 164 cm³/mol. The molecule has 11 heteroatoms. The quantitative estimate of drug-likeness (QED) is 0.291. The van der Waals surface area contributed by atoms with Gasteiger partial charge in [-0.25, -0.2) is 12.8 Å². The van der Waals surface area contributed by atoms with Gasteiger partial charge in [-0.1, -0.05) is 25.1 Å². The molecule has 3 aromatic rings. The zero-order valence-electron chi connectivity index (χ0n) is 25.7. The zero-order chi connectivity index (χ0) is 31.9. The second-order valence-corrected chi connectivity index (χ2v) is 12.5. The lowest BCUT2D eigenvalue weighted by atomic mass is 10.1. The van der Waals surface area contributed by atoms with Gasteiger partial charge in [0, 0.05) is 18.7 Å². The fraction of sp³-hybridized carbons (Fsp3) is 0.375. The van der Waals surface area contributed by atoms with Crippen molar-refractivity contribution in [3.05, 3.63) is 83.2 Å². The van der Waals surface area contributed by atoms with Crippen molar-refractivity contribution in [1.82, 2.24) is 10.2 Å². The highest BCUT2D eigenvalue weighted by Gasteiger charge is 2.34. The second kappa shape index (κ2) is 14.4. The van der Waals surface area contributed by atoms with Crippen LogP contribution in [0.4, 0.5) is 10.1 Å². The number of hydrogen-bond donors (Lipinski definition) is 1. The lowest BCUT2D eigenvalue weighted by molar-refractivity contribution is -0.140. The van der Waals surface area contributed by atoms with Crippen molar-refractivity contribution in [2.75, 3.05) is 25.1 Å². The fourth-order valence-corrected chi connectivity index (χ4v) is 6.23. The summed E-state index contributed by atoms with van der Waals surface area (Å²) in [7, 11) is -1.47. The molecule has 3 aromatic carbocycles. The van der Waals surface area contributed by atoms with Gasteiger partial charge in [0.15, 0.2) is 11.5 Å². The number of ether oxygens (including phenoxy) is 2. The molecule has 0 spiro atoms. The van der Waals surface area contributed by atoms with Crippen LogP contribution in [0.5, 0.6) is 11.5 Å². The van der Waals surface area contributed by atoms with Crippen LogP contribution >= 0.6 is 0 Å². The number of carbonyl (C=O) groups is 2. The molecule has 0 saturated carbocycles. The van der Waals surface area contributed by atoms with Crippen LogP contribution in [0.1, 0.15) is 43.9 Å². The number of benzene rings is 3. The van der Waals surface area contributed by atoms with Crippen molar-refractivity contribution >= 4 is 27.5 Å². The number of anilines is 1. The number of rotatable bonds is 13. The van der Waals surface area contributed by atoms with Gasteiger partial charge >= 0.3 is 0 Å². The second-order valence-electron chi connectivity index (χ2n) is 10.6. The van der Waals surface area contributed by atoms with Crippen LogP contribution < -0.4 is 19.1 Å². The van der Waals surface area contributed by atoms with E-state index in [1.807, 2.05) is 33.8 Å². The minimum Gasteiger partial charge on any atom is -0.493 e. The standard InChI is InChI=1S/C32H40FN3O6S/c1-8-28(32(38)34-21(2)3)35(19-24-9-11-25(33)12-10-24)31(37)20-36(26-16-22(4)15-23(5)17-26)43(39,40)27-13-14-29(41-6)30(18-27)42-7/h9-18,21,28H,8,19-20H2,1-7H3,(H,34,38)/t28-/m1/s1. The molecule has 43 heavy (non-hydrogen) atoms. The molecule has 1 atom stereocenters. The van der Waals surface area contributed by atoms with E-state index in [1.165, 1.54) is 61.6 Å². The number of nitrogens with one attached hydrogen (secondary N) is 1. The normalized spacial score (nSPS) is 12.0. The first-order valence-electron chi connectivity index (χ1n) is 14.0. The number of aryl methyl sites for hydroxylation is 2. The summed E-state index contributed by atoms with van der Waals surface area (Å²) >= 11 is 0. The van der Waals surface area contributed by atoms with E-state index in [-0.39, 0.29) is 35.6 Å². The van der Waals surface area contributed by atoms with Gasteiger partial charge in [0.1, 0.15) is 18.4 Å². The van der Waals surface area contributed by atoms with Gasteiger partial charge in [-0.15, -0.1) is 0 Å². The molecule has 1 N–H and O–H groups in total. The Labute approximate surface area is 253 Å². The van der Waals surface area contributed by atoms with E-state index in [9.17, 15) is 22.4 Å². The minimum absolute atomic E-state index is 0.0276. The van der Waals surface area contributed by atoms with Crippen LogP contribution in [0.2, 0.25) is 0 Å². The number of hydrogen-bond acceptors (Lipinski definition) is 6. The maximum atomic E-state index is 14.2. The summed E-state index contributed by atoms with van der Waals surface area (Å²) in [4.78, 5) is 28.7. The van der Waals surface area contributed by atoms with Gasteiger partial charge in [0.25, 0.3) is 10.0 Å². The van der Waals surface area contributed by atoms with E-state index in [2.05, 4.69) is 5.32 Å². The Morgan fingerprint density at radius 3 is 2.05 bits per heavy atom. The summed E-state index contributed by atoms with van der Waals surface area (Å²) < 4.78 is 53.8. The molecule has 0 heterocycles. The summed E-state index contributed by atoms with van der Waals surface area (Å²) in [5.41, 5.74) is 2.50. The van der Waals surface area contributed by atoms with E-state index >= 15 is 0 Å². The average molecular weight is 614 g/mol. The van der Waals surface area contributed by atoms with Gasteiger partial charge in [-0.2, -0.15) is 0 Å². The SMILES string of the molecule is CC[C@H](C(=O)NC(C)C)N(Cc1ccc(F)cc1)C(=O)CN(c1cc(C)cc(C)c1)S(=O)(=O)c1ccc(OC)c(OC)c1. The third kappa shape index (κ3) is 8.25.